The van der Waals surface area contributed by atoms with E-state index in [9.17, 15) is 5.11 Å². The molecular weight excluding hydrogens is 309 g/mol. The van der Waals surface area contributed by atoms with Gasteiger partial charge in [-0.15, -0.1) is 0 Å². The van der Waals surface area contributed by atoms with Gasteiger partial charge in [0, 0.05) is 29.4 Å². The number of halogens is 2. The molecule has 0 radical (unpaired) electrons. The zero-order chi connectivity index (χ0) is 15.2. The first kappa shape index (κ1) is 16.0. The quantitative estimate of drug-likeness (QED) is 0.744. The molecule has 0 spiro atoms. The maximum absolute atomic E-state index is 9.91. The summed E-state index contributed by atoms with van der Waals surface area (Å²) >= 11 is 11.8. The first-order chi connectivity index (χ1) is 10.1. The highest BCUT2D eigenvalue weighted by Gasteiger charge is 2.07. The first-order valence-corrected chi connectivity index (χ1v) is 7.46. The number of anilines is 1. The molecule has 21 heavy (non-hydrogen) atoms. The van der Waals surface area contributed by atoms with E-state index >= 15 is 0 Å². The average Bonchev–Trinajstić information content (AvgIpc) is 2.47. The first-order valence-electron chi connectivity index (χ1n) is 6.70. The highest BCUT2D eigenvalue weighted by atomic mass is 35.5. The standard InChI is InChI=1S/C16H17Cl2NO2/c17-13-8-12(16(21)15(18)9-13)10-19-14-5-1-3-11(7-14)4-2-6-20/h1,3,5,7-9,19-21H,2,4,6,10H2. The fourth-order valence-electron chi connectivity index (χ4n) is 2.07. The van der Waals surface area contributed by atoms with Crippen molar-refractivity contribution in [3.63, 3.8) is 0 Å². The maximum atomic E-state index is 9.91. The van der Waals surface area contributed by atoms with E-state index in [0.717, 1.165) is 24.1 Å². The molecule has 0 aliphatic heterocycles. The zero-order valence-corrected chi connectivity index (χ0v) is 13.0. The number of aryl methyl sites for hydroxylation is 1. The largest absolute Gasteiger partial charge is 0.506 e. The molecule has 2 aromatic rings. The summed E-state index contributed by atoms with van der Waals surface area (Å²) in [7, 11) is 0. The van der Waals surface area contributed by atoms with E-state index in [-0.39, 0.29) is 17.4 Å². The van der Waals surface area contributed by atoms with E-state index < -0.39 is 0 Å². The Kier molecular flexibility index (Phi) is 5.74. The smallest absolute Gasteiger partial charge is 0.139 e. The summed E-state index contributed by atoms with van der Waals surface area (Å²) in [6.45, 7) is 0.613. The van der Waals surface area contributed by atoms with Crippen molar-refractivity contribution in [3.8, 4) is 5.75 Å². The van der Waals surface area contributed by atoms with E-state index in [2.05, 4.69) is 5.32 Å². The molecule has 5 heteroatoms. The molecule has 0 aliphatic rings. The number of rotatable bonds is 6. The highest BCUT2D eigenvalue weighted by molar-refractivity contribution is 6.35. The molecule has 0 heterocycles. The lowest BCUT2D eigenvalue weighted by Crippen LogP contribution is -2.01. The van der Waals surface area contributed by atoms with E-state index in [1.807, 2.05) is 24.3 Å². The molecule has 0 unspecified atom stereocenters. The Bertz CT molecular complexity index is 617. The Morgan fingerprint density at radius 1 is 1.10 bits per heavy atom. The van der Waals surface area contributed by atoms with Crippen LogP contribution < -0.4 is 5.32 Å². The molecule has 2 rings (SSSR count). The van der Waals surface area contributed by atoms with Crippen LogP contribution in [0.3, 0.4) is 0 Å². The lowest BCUT2D eigenvalue weighted by atomic mass is 10.1. The third-order valence-electron chi connectivity index (χ3n) is 3.14. The molecule has 3 N–H and O–H groups in total. The van der Waals surface area contributed by atoms with Gasteiger partial charge in [-0.3, -0.25) is 0 Å². The second kappa shape index (κ2) is 7.55. The van der Waals surface area contributed by atoms with Gasteiger partial charge in [-0.05, 0) is 42.7 Å². The molecule has 0 fully saturated rings. The van der Waals surface area contributed by atoms with Crippen molar-refractivity contribution in [1.29, 1.82) is 0 Å². The second-order valence-corrected chi connectivity index (χ2v) is 5.62. The highest BCUT2D eigenvalue weighted by Crippen LogP contribution is 2.31. The Morgan fingerprint density at radius 2 is 1.90 bits per heavy atom. The third-order valence-corrected chi connectivity index (χ3v) is 3.65. The Hall–Kier alpha value is -1.42. The second-order valence-electron chi connectivity index (χ2n) is 4.78. The molecule has 3 nitrogen and oxygen atoms in total. The minimum atomic E-state index is 0.0463. The van der Waals surface area contributed by atoms with Crippen molar-refractivity contribution >= 4 is 28.9 Å². The van der Waals surface area contributed by atoms with Crippen LogP contribution in [-0.4, -0.2) is 16.8 Å². The van der Waals surface area contributed by atoms with Crippen molar-refractivity contribution < 1.29 is 10.2 Å². The Balaban J connectivity index is 2.06. The molecule has 0 aliphatic carbocycles. The van der Waals surface area contributed by atoms with Crippen LogP contribution in [0.2, 0.25) is 10.0 Å². The molecular formula is C16H17Cl2NO2. The van der Waals surface area contributed by atoms with Gasteiger partial charge in [-0.2, -0.15) is 0 Å². The van der Waals surface area contributed by atoms with Gasteiger partial charge in [0.25, 0.3) is 0 Å². The predicted molar refractivity (Wildman–Crippen MR) is 87.3 cm³/mol. The summed E-state index contributed by atoms with van der Waals surface area (Å²) in [5.41, 5.74) is 2.75. The summed E-state index contributed by atoms with van der Waals surface area (Å²) in [4.78, 5) is 0. The monoisotopic (exact) mass is 325 g/mol. The van der Waals surface area contributed by atoms with Crippen LogP contribution in [0, 0.1) is 0 Å². The van der Waals surface area contributed by atoms with Gasteiger partial charge in [0.05, 0.1) is 5.02 Å². The lowest BCUT2D eigenvalue weighted by molar-refractivity contribution is 0.288. The van der Waals surface area contributed by atoms with Crippen molar-refractivity contribution in [2.45, 2.75) is 19.4 Å². The summed E-state index contributed by atoms with van der Waals surface area (Å²) in [5.74, 6) is 0.0463. The van der Waals surface area contributed by atoms with Crippen molar-refractivity contribution in [2.75, 3.05) is 11.9 Å². The van der Waals surface area contributed by atoms with Gasteiger partial charge in [0.1, 0.15) is 5.75 Å². The van der Waals surface area contributed by atoms with Crippen LogP contribution in [0.5, 0.6) is 5.75 Å². The summed E-state index contributed by atoms with van der Waals surface area (Å²) < 4.78 is 0. The van der Waals surface area contributed by atoms with Crippen LogP contribution in [0.15, 0.2) is 36.4 Å². The van der Waals surface area contributed by atoms with Gasteiger partial charge in [-0.25, -0.2) is 0 Å². The van der Waals surface area contributed by atoms with Crippen LogP contribution in [0.1, 0.15) is 17.5 Å². The fraction of sp³-hybridized carbons (Fsp3) is 0.250. The van der Waals surface area contributed by atoms with E-state index in [0.29, 0.717) is 17.1 Å². The summed E-state index contributed by atoms with van der Waals surface area (Å²) in [5, 5.41) is 22.7. The van der Waals surface area contributed by atoms with Crippen LogP contribution in [0.25, 0.3) is 0 Å². The van der Waals surface area contributed by atoms with Crippen molar-refractivity contribution in [2.24, 2.45) is 0 Å². The lowest BCUT2D eigenvalue weighted by Gasteiger charge is -2.11. The van der Waals surface area contributed by atoms with E-state index in [4.69, 9.17) is 28.3 Å². The van der Waals surface area contributed by atoms with E-state index in [1.54, 1.807) is 6.07 Å². The number of phenolic OH excluding ortho intramolecular Hbond substituents is 1. The number of aliphatic hydroxyl groups is 1. The molecule has 0 amide bonds. The minimum absolute atomic E-state index is 0.0463. The molecule has 2 aromatic carbocycles. The molecule has 112 valence electrons. The minimum Gasteiger partial charge on any atom is -0.506 e. The fourth-order valence-corrected chi connectivity index (χ4v) is 2.61. The molecule has 0 aromatic heterocycles. The van der Waals surface area contributed by atoms with Crippen molar-refractivity contribution in [3.05, 3.63) is 57.6 Å². The SMILES string of the molecule is OCCCc1cccc(NCc2cc(Cl)cc(Cl)c2O)c1. The van der Waals surface area contributed by atoms with Gasteiger partial charge < -0.3 is 15.5 Å². The number of hydrogen-bond donors (Lipinski definition) is 3. The topological polar surface area (TPSA) is 52.5 Å². The number of aromatic hydroxyl groups is 1. The molecule has 0 atom stereocenters. The maximum Gasteiger partial charge on any atom is 0.139 e. The summed E-state index contributed by atoms with van der Waals surface area (Å²) in [6, 6.07) is 11.2. The number of nitrogens with one attached hydrogen (secondary N) is 1. The summed E-state index contributed by atoms with van der Waals surface area (Å²) in [6.07, 6.45) is 1.58. The zero-order valence-electron chi connectivity index (χ0n) is 11.4. The third kappa shape index (κ3) is 4.53. The van der Waals surface area contributed by atoms with Gasteiger partial charge in [-0.1, -0.05) is 35.3 Å². The Labute approximate surface area is 134 Å². The van der Waals surface area contributed by atoms with Gasteiger partial charge in [0.2, 0.25) is 0 Å². The molecule has 0 saturated carbocycles. The number of hydrogen-bond acceptors (Lipinski definition) is 3. The molecule has 0 bridgehead atoms. The van der Waals surface area contributed by atoms with Gasteiger partial charge >= 0.3 is 0 Å². The van der Waals surface area contributed by atoms with Crippen LogP contribution >= 0.6 is 23.2 Å². The Morgan fingerprint density at radius 3 is 2.67 bits per heavy atom. The van der Waals surface area contributed by atoms with Crippen LogP contribution in [-0.2, 0) is 13.0 Å². The van der Waals surface area contributed by atoms with E-state index in [1.165, 1.54) is 6.07 Å². The number of aliphatic hydroxyl groups excluding tert-OH is 1. The predicted octanol–water partition coefficient (Wildman–Crippen LogP) is 4.24. The van der Waals surface area contributed by atoms with Gasteiger partial charge in [0.15, 0.2) is 0 Å². The average molecular weight is 326 g/mol. The van der Waals surface area contributed by atoms with Crippen LogP contribution in [0.4, 0.5) is 5.69 Å². The molecule has 0 saturated heterocycles. The number of benzene rings is 2. The number of phenols is 1. The normalized spacial score (nSPS) is 10.6. The van der Waals surface area contributed by atoms with Crippen molar-refractivity contribution in [1.82, 2.24) is 0 Å².